The molecular weight excluding hydrogens is 176 g/mol. The summed E-state index contributed by atoms with van der Waals surface area (Å²) in [5.41, 5.74) is 0. The summed E-state index contributed by atoms with van der Waals surface area (Å²) in [6.07, 6.45) is 10.00. The van der Waals surface area contributed by atoms with Crippen LogP contribution in [-0.4, -0.2) is 12.1 Å². The van der Waals surface area contributed by atoms with Crippen molar-refractivity contribution >= 4 is 5.97 Å². The standard InChI is InChI=1S/C12H20O2/c1-10(2)14-12(13)9-8-11-6-4-3-5-7-11/h8-11H,3-7H2,1-2H3/b9-8+. The predicted octanol–water partition coefficient (Wildman–Crippen LogP) is 3.07. The first-order valence-corrected chi connectivity index (χ1v) is 5.57. The summed E-state index contributed by atoms with van der Waals surface area (Å²) in [4.78, 5) is 11.2. The van der Waals surface area contributed by atoms with Crippen LogP contribution in [0.15, 0.2) is 12.2 Å². The number of hydrogen-bond acceptors (Lipinski definition) is 2. The summed E-state index contributed by atoms with van der Waals surface area (Å²) < 4.78 is 5.02. The molecule has 1 fully saturated rings. The maximum Gasteiger partial charge on any atom is 0.330 e. The number of hydrogen-bond donors (Lipinski definition) is 0. The van der Waals surface area contributed by atoms with E-state index in [2.05, 4.69) is 0 Å². The molecule has 1 aliphatic rings. The van der Waals surface area contributed by atoms with Gasteiger partial charge in [-0.1, -0.05) is 25.3 Å². The van der Waals surface area contributed by atoms with Crippen LogP contribution in [0.25, 0.3) is 0 Å². The average molecular weight is 196 g/mol. The number of rotatable bonds is 3. The largest absolute Gasteiger partial charge is 0.460 e. The third-order valence-electron chi connectivity index (χ3n) is 2.51. The van der Waals surface area contributed by atoms with Gasteiger partial charge in [0.2, 0.25) is 0 Å². The lowest BCUT2D eigenvalue weighted by molar-refractivity contribution is -0.141. The highest BCUT2D eigenvalue weighted by Gasteiger charge is 2.10. The minimum absolute atomic E-state index is 0.0153. The zero-order valence-corrected chi connectivity index (χ0v) is 9.16. The summed E-state index contributed by atoms with van der Waals surface area (Å²) in [6, 6.07) is 0. The van der Waals surface area contributed by atoms with Crippen molar-refractivity contribution in [3.63, 3.8) is 0 Å². The van der Waals surface area contributed by atoms with Crippen molar-refractivity contribution in [3.8, 4) is 0 Å². The molecule has 1 saturated carbocycles. The molecule has 0 N–H and O–H groups in total. The summed E-state index contributed by atoms with van der Waals surface area (Å²) in [5.74, 6) is 0.397. The van der Waals surface area contributed by atoms with Gasteiger partial charge in [0.1, 0.15) is 0 Å². The lowest BCUT2D eigenvalue weighted by Gasteiger charge is -2.17. The zero-order valence-electron chi connectivity index (χ0n) is 9.16. The molecule has 2 nitrogen and oxygen atoms in total. The van der Waals surface area contributed by atoms with E-state index in [1.165, 1.54) is 32.1 Å². The van der Waals surface area contributed by atoms with Crippen LogP contribution in [0.5, 0.6) is 0 Å². The molecule has 0 atom stereocenters. The van der Waals surface area contributed by atoms with Crippen molar-refractivity contribution in [2.75, 3.05) is 0 Å². The Labute approximate surface area is 86.3 Å². The molecule has 0 aromatic carbocycles. The van der Waals surface area contributed by atoms with Crippen LogP contribution < -0.4 is 0 Å². The Balaban J connectivity index is 2.27. The molecule has 1 rings (SSSR count). The van der Waals surface area contributed by atoms with Crippen molar-refractivity contribution in [1.82, 2.24) is 0 Å². The molecule has 14 heavy (non-hydrogen) atoms. The molecule has 0 radical (unpaired) electrons. The van der Waals surface area contributed by atoms with Gasteiger partial charge in [0.25, 0.3) is 0 Å². The fourth-order valence-corrected chi connectivity index (χ4v) is 1.81. The molecule has 2 heteroatoms. The highest BCUT2D eigenvalue weighted by atomic mass is 16.5. The van der Waals surface area contributed by atoms with Gasteiger partial charge in [-0.15, -0.1) is 0 Å². The van der Waals surface area contributed by atoms with E-state index < -0.39 is 0 Å². The molecule has 80 valence electrons. The minimum Gasteiger partial charge on any atom is -0.460 e. The van der Waals surface area contributed by atoms with Crippen molar-refractivity contribution < 1.29 is 9.53 Å². The second-order valence-electron chi connectivity index (χ2n) is 4.24. The second-order valence-corrected chi connectivity index (χ2v) is 4.24. The van der Waals surface area contributed by atoms with Crippen LogP contribution in [0.2, 0.25) is 0 Å². The number of carbonyl (C=O) groups is 1. The third-order valence-corrected chi connectivity index (χ3v) is 2.51. The molecule has 0 unspecified atom stereocenters. The van der Waals surface area contributed by atoms with Crippen molar-refractivity contribution in [1.29, 1.82) is 0 Å². The van der Waals surface area contributed by atoms with Gasteiger partial charge in [0.05, 0.1) is 6.10 Å². The van der Waals surface area contributed by atoms with E-state index in [1.54, 1.807) is 6.08 Å². The van der Waals surface area contributed by atoms with E-state index in [1.807, 2.05) is 19.9 Å². The molecule has 0 amide bonds. The number of allylic oxidation sites excluding steroid dienone is 1. The van der Waals surface area contributed by atoms with Gasteiger partial charge < -0.3 is 4.74 Å². The quantitative estimate of drug-likeness (QED) is 0.512. The van der Waals surface area contributed by atoms with Crippen LogP contribution in [0.1, 0.15) is 46.0 Å². The molecule has 0 bridgehead atoms. The zero-order chi connectivity index (χ0) is 10.4. The van der Waals surface area contributed by atoms with E-state index in [0.717, 1.165) is 0 Å². The van der Waals surface area contributed by atoms with Crippen LogP contribution in [-0.2, 0) is 9.53 Å². The highest BCUT2D eigenvalue weighted by Crippen LogP contribution is 2.24. The summed E-state index contributed by atoms with van der Waals surface area (Å²) in [5, 5.41) is 0. The third kappa shape index (κ3) is 4.45. The predicted molar refractivity (Wildman–Crippen MR) is 56.9 cm³/mol. The van der Waals surface area contributed by atoms with E-state index in [-0.39, 0.29) is 12.1 Å². The Kier molecular flexibility index (Phi) is 4.71. The van der Waals surface area contributed by atoms with Crippen LogP contribution in [0, 0.1) is 5.92 Å². The van der Waals surface area contributed by atoms with Crippen LogP contribution in [0.3, 0.4) is 0 Å². The first-order valence-electron chi connectivity index (χ1n) is 5.57. The summed E-state index contributed by atoms with van der Waals surface area (Å²) >= 11 is 0. The fourth-order valence-electron chi connectivity index (χ4n) is 1.81. The van der Waals surface area contributed by atoms with E-state index in [9.17, 15) is 4.79 Å². The topological polar surface area (TPSA) is 26.3 Å². The first kappa shape index (κ1) is 11.3. The normalized spacial score (nSPS) is 19.1. The Morgan fingerprint density at radius 3 is 2.50 bits per heavy atom. The van der Waals surface area contributed by atoms with Gasteiger partial charge in [0.15, 0.2) is 0 Å². The molecule has 0 aromatic rings. The second kappa shape index (κ2) is 5.84. The lowest BCUT2D eigenvalue weighted by Crippen LogP contribution is -2.09. The Morgan fingerprint density at radius 1 is 1.29 bits per heavy atom. The van der Waals surface area contributed by atoms with Gasteiger partial charge in [-0.3, -0.25) is 0 Å². The average Bonchev–Trinajstić information content (AvgIpc) is 2.15. The smallest absolute Gasteiger partial charge is 0.330 e. The van der Waals surface area contributed by atoms with E-state index >= 15 is 0 Å². The van der Waals surface area contributed by atoms with Gasteiger partial charge in [-0.05, 0) is 32.6 Å². The van der Waals surface area contributed by atoms with Gasteiger partial charge in [0, 0.05) is 6.08 Å². The molecule has 1 aliphatic carbocycles. The minimum atomic E-state index is -0.203. The molecule has 0 spiro atoms. The summed E-state index contributed by atoms with van der Waals surface area (Å²) in [6.45, 7) is 3.73. The van der Waals surface area contributed by atoms with E-state index in [4.69, 9.17) is 4.74 Å². The Hall–Kier alpha value is -0.790. The van der Waals surface area contributed by atoms with E-state index in [0.29, 0.717) is 5.92 Å². The first-order chi connectivity index (χ1) is 6.68. The molecular formula is C12H20O2. The SMILES string of the molecule is CC(C)OC(=O)/C=C/C1CCCCC1. The van der Waals surface area contributed by atoms with Crippen molar-refractivity contribution in [3.05, 3.63) is 12.2 Å². The van der Waals surface area contributed by atoms with Gasteiger partial charge in [-0.25, -0.2) is 4.79 Å². The molecule has 0 heterocycles. The van der Waals surface area contributed by atoms with Crippen molar-refractivity contribution in [2.45, 2.75) is 52.1 Å². The number of carbonyl (C=O) groups excluding carboxylic acids is 1. The Bertz CT molecular complexity index is 200. The van der Waals surface area contributed by atoms with Crippen LogP contribution in [0.4, 0.5) is 0 Å². The highest BCUT2D eigenvalue weighted by molar-refractivity contribution is 5.82. The molecule has 0 saturated heterocycles. The van der Waals surface area contributed by atoms with Gasteiger partial charge in [-0.2, -0.15) is 0 Å². The lowest BCUT2D eigenvalue weighted by atomic mass is 9.89. The van der Waals surface area contributed by atoms with Crippen molar-refractivity contribution in [2.24, 2.45) is 5.92 Å². The molecule has 0 aliphatic heterocycles. The Morgan fingerprint density at radius 2 is 1.93 bits per heavy atom. The van der Waals surface area contributed by atoms with Crippen LogP contribution >= 0.6 is 0 Å². The maximum atomic E-state index is 11.2. The monoisotopic (exact) mass is 196 g/mol. The molecule has 0 aromatic heterocycles. The number of ether oxygens (including phenoxy) is 1. The van der Waals surface area contributed by atoms with Gasteiger partial charge >= 0.3 is 5.97 Å². The fraction of sp³-hybridized carbons (Fsp3) is 0.750. The maximum absolute atomic E-state index is 11.2. The number of esters is 1. The summed E-state index contributed by atoms with van der Waals surface area (Å²) in [7, 11) is 0.